The van der Waals surface area contributed by atoms with E-state index in [1.54, 1.807) is 0 Å². The van der Waals surface area contributed by atoms with Crippen LogP contribution in [0.4, 0.5) is 0 Å². The zero-order valence-electron chi connectivity index (χ0n) is 28.5. The van der Waals surface area contributed by atoms with Crippen LogP contribution >= 0.6 is 0 Å². The third-order valence-electron chi connectivity index (χ3n) is 11.2. The molecule has 0 heteroatoms. The molecule has 0 aromatic heterocycles. The van der Waals surface area contributed by atoms with Crippen LogP contribution in [-0.2, 0) is 0 Å². The average molecular weight is 657 g/mol. The van der Waals surface area contributed by atoms with Crippen LogP contribution in [0.5, 0.6) is 0 Å². The average Bonchev–Trinajstić information content (AvgIpc) is 3.22. The topological polar surface area (TPSA) is 0 Å². The molecule has 240 valence electrons. The van der Waals surface area contributed by atoms with Crippen molar-refractivity contribution in [3.63, 3.8) is 0 Å². The van der Waals surface area contributed by atoms with Gasteiger partial charge in [0.15, 0.2) is 0 Å². The normalized spacial score (nSPS) is 11.8. The molecule has 11 aromatic rings. The summed E-state index contributed by atoms with van der Waals surface area (Å²) in [6, 6.07) is 71.9. The van der Waals surface area contributed by atoms with Gasteiger partial charge < -0.3 is 0 Å². The van der Waals surface area contributed by atoms with Gasteiger partial charge in [0.2, 0.25) is 0 Å². The van der Waals surface area contributed by atoms with Gasteiger partial charge in [0.25, 0.3) is 0 Å². The third kappa shape index (κ3) is 4.41. The highest BCUT2D eigenvalue weighted by Crippen LogP contribution is 2.46. The largest absolute Gasteiger partial charge is 0.0622 e. The first kappa shape index (κ1) is 29.0. The molecule has 0 aliphatic rings. The van der Waals surface area contributed by atoms with Gasteiger partial charge in [-0.15, -0.1) is 0 Å². The van der Waals surface area contributed by atoms with Crippen molar-refractivity contribution in [2.75, 3.05) is 0 Å². The molecule has 0 amide bonds. The lowest BCUT2D eigenvalue weighted by atomic mass is 9.84. The Morgan fingerprint density at radius 3 is 1.44 bits per heavy atom. The fourth-order valence-corrected chi connectivity index (χ4v) is 8.77. The summed E-state index contributed by atoms with van der Waals surface area (Å²) in [6.45, 7) is 0. The minimum absolute atomic E-state index is 1.23. The minimum Gasteiger partial charge on any atom is -0.0622 e. The Morgan fingerprint density at radius 2 is 0.712 bits per heavy atom. The molecule has 0 aliphatic heterocycles. The van der Waals surface area contributed by atoms with E-state index in [9.17, 15) is 0 Å². The van der Waals surface area contributed by atoms with E-state index in [2.05, 4.69) is 194 Å². The maximum atomic E-state index is 2.40. The number of benzene rings is 11. The van der Waals surface area contributed by atoms with E-state index in [0.29, 0.717) is 0 Å². The SMILES string of the molecule is c1ccc(-c2ccc3c(-c4ccc5cc(-c6ccc7ccc8cccc9ccc6c7c89)ccc5c4)c4ccccc4c(-c4ccccc4)c3c2)cc1. The van der Waals surface area contributed by atoms with E-state index in [4.69, 9.17) is 0 Å². The molecule has 11 rings (SSSR count). The highest BCUT2D eigenvalue weighted by atomic mass is 14.2. The second-order valence-electron chi connectivity index (χ2n) is 14.0. The maximum Gasteiger partial charge on any atom is -0.00206 e. The van der Waals surface area contributed by atoms with Gasteiger partial charge in [-0.1, -0.05) is 176 Å². The van der Waals surface area contributed by atoms with Crippen LogP contribution < -0.4 is 0 Å². The van der Waals surface area contributed by atoms with Crippen molar-refractivity contribution < 1.29 is 0 Å². The van der Waals surface area contributed by atoms with E-state index in [1.165, 1.54) is 109 Å². The fourth-order valence-electron chi connectivity index (χ4n) is 8.77. The second kappa shape index (κ2) is 11.4. The Bertz CT molecular complexity index is 3140. The van der Waals surface area contributed by atoms with Gasteiger partial charge in [-0.2, -0.15) is 0 Å². The lowest BCUT2D eigenvalue weighted by Crippen LogP contribution is -1.92. The molecular formula is C52H32. The Balaban J connectivity index is 1.11. The number of fused-ring (bicyclic) bond motifs is 3. The summed E-state index contributed by atoms with van der Waals surface area (Å²) in [7, 11) is 0. The molecule has 0 aliphatic carbocycles. The Morgan fingerprint density at radius 1 is 0.212 bits per heavy atom. The summed E-state index contributed by atoms with van der Waals surface area (Å²) >= 11 is 0. The lowest BCUT2D eigenvalue weighted by molar-refractivity contribution is 1.63. The van der Waals surface area contributed by atoms with Gasteiger partial charge in [0.1, 0.15) is 0 Å². The van der Waals surface area contributed by atoms with Crippen LogP contribution in [0.25, 0.3) is 109 Å². The number of hydrogen-bond donors (Lipinski definition) is 0. The van der Waals surface area contributed by atoms with E-state index in [-0.39, 0.29) is 0 Å². The van der Waals surface area contributed by atoms with Gasteiger partial charge >= 0.3 is 0 Å². The number of hydrogen-bond acceptors (Lipinski definition) is 0. The van der Waals surface area contributed by atoms with Crippen molar-refractivity contribution in [3.8, 4) is 44.5 Å². The molecule has 11 aromatic carbocycles. The zero-order valence-corrected chi connectivity index (χ0v) is 28.5. The van der Waals surface area contributed by atoms with Crippen molar-refractivity contribution in [2.45, 2.75) is 0 Å². The highest BCUT2D eigenvalue weighted by Gasteiger charge is 2.18. The van der Waals surface area contributed by atoms with Crippen LogP contribution in [-0.4, -0.2) is 0 Å². The summed E-state index contributed by atoms with van der Waals surface area (Å²) in [5.41, 5.74) is 10.0. The van der Waals surface area contributed by atoms with Gasteiger partial charge in [-0.3, -0.25) is 0 Å². The molecule has 0 unspecified atom stereocenters. The summed E-state index contributed by atoms with van der Waals surface area (Å²) < 4.78 is 0. The summed E-state index contributed by atoms with van der Waals surface area (Å²) in [5.74, 6) is 0. The molecule has 0 bridgehead atoms. The molecule has 0 saturated heterocycles. The predicted molar refractivity (Wildman–Crippen MR) is 224 cm³/mol. The van der Waals surface area contributed by atoms with Gasteiger partial charge in [-0.05, 0) is 127 Å². The minimum atomic E-state index is 1.23. The number of rotatable bonds is 4. The molecule has 0 heterocycles. The molecule has 0 nitrogen and oxygen atoms in total. The standard InChI is InChI=1S/C52H32/c1-3-10-33(11-4-1)40-26-29-47-48(32-40)50(34-12-5-2-6-13-34)44-16-7-8-17-45(44)51(47)42-23-21-38-30-41(22-20-39(38)31-42)43-27-24-37-19-18-35-14-9-15-36-25-28-46(43)52(37)49(35)36/h1-32H. The van der Waals surface area contributed by atoms with Crippen molar-refractivity contribution in [3.05, 3.63) is 194 Å². The van der Waals surface area contributed by atoms with Crippen LogP contribution in [0.15, 0.2) is 194 Å². The predicted octanol–water partition coefficient (Wildman–Crippen LogP) is 14.7. The van der Waals surface area contributed by atoms with Crippen molar-refractivity contribution in [1.29, 1.82) is 0 Å². The van der Waals surface area contributed by atoms with E-state index < -0.39 is 0 Å². The monoisotopic (exact) mass is 656 g/mol. The molecule has 0 saturated carbocycles. The second-order valence-corrected chi connectivity index (χ2v) is 14.0. The Labute approximate surface area is 302 Å². The van der Waals surface area contributed by atoms with Gasteiger partial charge in [0.05, 0.1) is 0 Å². The van der Waals surface area contributed by atoms with Crippen LogP contribution in [0.2, 0.25) is 0 Å². The highest BCUT2D eigenvalue weighted by molar-refractivity contribution is 6.26. The Kier molecular flexibility index (Phi) is 6.35. The van der Waals surface area contributed by atoms with E-state index in [1.807, 2.05) is 0 Å². The van der Waals surface area contributed by atoms with Crippen LogP contribution in [0.3, 0.4) is 0 Å². The van der Waals surface area contributed by atoms with Crippen molar-refractivity contribution in [2.24, 2.45) is 0 Å². The quantitative estimate of drug-likeness (QED) is 0.131. The van der Waals surface area contributed by atoms with Crippen LogP contribution in [0, 0.1) is 0 Å². The first-order chi connectivity index (χ1) is 25.8. The molecule has 52 heavy (non-hydrogen) atoms. The summed E-state index contributed by atoms with van der Waals surface area (Å²) in [5, 5.41) is 15.5. The smallest absolute Gasteiger partial charge is 0.00206 e. The molecular weight excluding hydrogens is 625 g/mol. The van der Waals surface area contributed by atoms with Crippen molar-refractivity contribution in [1.82, 2.24) is 0 Å². The zero-order chi connectivity index (χ0) is 34.2. The van der Waals surface area contributed by atoms with Crippen LogP contribution in [0.1, 0.15) is 0 Å². The molecule has 0 atom stereocenters. The lowest BCUT2D eigenvalue weighted by Gasteiger charge is -2.19. The molecule has 0 radical (unpaired) electrons. The van der Waals surface area contributed by atoms with Gasteiger partial charge in [-0.25, -0.2) is 0 Å². The van der Waals surface area contributed by atoms with E-state index in [0.717, 1.165) is 0 Å². The fraction of sp³-hybridized carbons (Fsp3) is 0. The van der Waals surface area contributed by atoms with Gasteiger partial charge in [0, 0.05) is 0 Å². The van der Waals surface area contributed by atoms with E-state index >= 15 is 0 Å². The summed E-state index contributed by atoms with van der Waals surface area (Å²) in [6.07, 6.45) is 0. The maximum absolute atomic E-state index is 2.40. The molecule has 0 N–H and O–H groups in total. The molecule has 0 spiro atoms. The first-order valence-corrected chi connectivity index (χ1v) is 18.1. The molecule has 0 fully saturated rings. The Hall–Kier alpha value is -6.76. The van der Waals surface area contributed by atoms with Crippen molar-refractivity contribution >= 4 is 64.6 Å². The first-order valence-electron chi connectivity index (χ1n) is 18.1. The third-order valence-corrected chi connectivity index (χ3v) is 11.2. The summed E-state index contributed by atoms with van der Waals surface area (Å²) in [4.78, 5) is 0.